The second-order valence-corrected chi connectivity index (χ2v) is 5.46. The maximum absolute atomic E-state index is 13.0. The van der Waals surface area contributed by atoms with Gasteiger partial charge in [0.1, 0.15) is 16.4 Å². The van der Waals surface area contributed by atoms with Crippen molar-refractivity contribution in [2.24, 2.45) is 0 Å². The van der Waals surface area contributed by atoms with Crippen molar-refractivity contribution < 1.29 is 23.5 Å². The number of amides is 1. The minimum atomic E-state index is -0.445. The highest BCUT2D eigenvalue weighted by Gasteiger charge is 2.15. The molecule has 0 unspecified atom stereocenters. The fraction of sp³-hybridized carbons (Fsp3) is 0.200. The van der Waals surface area contributed by atoms with E-state index < -0.39 is 17.7 Å². The van der Waals surface area contributed by atoms with Crippen LogP contribution < -0.4 is 10.1 Å². The van der Waals surface area contributed by atoms with E-state index in [1.807, 2.05) is 0 Å². The Kier molecular flexibility index (Phi) is 5.11. The summed E-state index contributed by atoms with van der Waals surface area (Å²) in [5.41, 5.74) is 0.721. The molecule has 0 aliphatic carbocycles. The zero-order valence-electron chi connectivity index (χ0n) is 12.0. The lowest BCUT2D eigenvalue weighted by Gasteiger charge is -2.06. The topological polar surface area (TPSA) is 64.6 Å². The summed E-state index contributed by atoms with van der Waals surface area (Å²) < 4.78 is 22.8. The number of methoxy groups -OCH3 is 1. The van der Waals surface area contributed by atoms with Gasteiger partial charge in [0.15, 0.2) is 6.61 Å². The van der Waals surface area contributed by atoms with Crippen LogP contribution in [0.2, 0.25) is 0 Å². The average Bonchev–Trinajstić information content (AvgIpc) is 2.85. The van der Waals surface area contributed by atoms with E-state index in [2.05, 4.69) is 10.1 Å². The van der Waals surface area contributed by atoms with Crippen LogP contribution in [-0.4, -0.2) is 25.6 Å². The molecule has 0 saturated carbocycles. The summed E-state index contributed by atoms with van der Waals surface area (Å²) in [6.45, 7) is 1.50. The van der Waals surface area contributed by atoms with Gasteiger partial charge in [-0.15, -0.1) is 11.3 Å². The first-order chi connectivity index (χ1) is 10.5. The summed E-state index contributed by atoms with van der Waals surface area (Å²) in [5.74, 6) is -1.01. The van der Waals surface area contributed by atoms with E-state index >= 15 is 0 Å². The summed E-state index contributed by atoms with van der Waals surface area (Å²) in [6, 6.07) is 7.21. The minimum absolute atomic E-state index is 0.256. The Bertz CT molecular complexity index is 699. The minimum Gasteiger partial charge on any atom is -0.484 e. The fourth-order valence-corrected chi connectivity index (χ4v) is 2.73. The van der Waals surface area contributed by atoms with Crippen LogP contribution in [0.4, 0.5) is 9.39 Å². The van der Waals surface area contributed by atoms with E-state index in [1.165, 1.54) is 25.3 Å². The lowest BCUT2D eigenvalue weighted by Crippen LogP contribution is -2.19. The van der Waals surface area contributed by atoms with Gasteiger partial charge in [0, 0.05) is 6.07 Å². The molecule has 2 aromatic rings. The van der Waals surface area contributed by atoms with E-state index in [-0.39, 0.29) is 12.4 Å². The highest BCUT2D eigenvalue weighted by Crippen LogP contribution is 2.27. The van der Waals surface area contributed by atoms with Crippen LogP contribution in [0.5, 0.6) is 5.75 Å². The quantitative estimate of drug-likeness (QED) is 0.859. The number of carbonyl (C=O) groups is 2. The highest BCUT2D eigenvalue weighted by atomic mass is 32.1. The van der Waals surface area contributed by atoms with Crippen molar-refractivity contribution in [1.82, 2.24) is 0 Å². The Labute approximate surface area is 130 Å². The molecule has 0 atom stereocenters. The molecule has 7 heteroatoms. The molecule has 22 heavy (non-hydrogen) atoms. The van der Waals surface area contributed by atoms with Crippen molar-refractivity contribution in [3.8, 4) is 5.75 Å². The summed E-state index contributed by atoms with van der Waals surface area (Å²) in [6.07, 6.45) is 0. The maximum atomic E-state index is 13.0. The van der Waals surface area contributed by atoms with Gasteiger partial charge in [-0.05, 0) is 30.7 Å². The zero-order chi connectivity index (χ0) is 16.1. The van der Waals surface area contributed by atoms with Crippen LogP contribution >= 0.6 is 11.3 Å². The molecule has 0 aliphatic rings. The van der Waals surface area contributed by atoms with Crippen molar-refractivity contribution in [2.45, 2.75) is 6.92 Å². The van der Waals surface area contributed by atoms with Gasteiger partial charge < -0.3 is 14.8 Å². The summed E-state index contributed by atoms with van der Waals surface area (Å²) >= 11 is 1.12. The first-order valence-corrected chi connectivity index (χ1v) is 7.18. The number of ether oxygens (including phenoxy) is 2. The molecule has 1 amide bonds. The first-order valence-electron chi connectivity index (χ1n) is 6.36. The summed E-state index contributed by atoms with van der Waals surface area (Å²) in [7, 11) is 1.30. The predicted octanol–water partition coefficient (Wildman–Crippen LogP) is 3.00. The number of hydrogen-bond donors (Lipinski definition) is 1. The number of thiophene rings is 1. The molecule has 1 aromatic heterocycles. The Balaban J connectivity index is 1.93. The zero-order valence-corrected chi connectivity index (χ0v) is 12.8. The number of hydrogen-bond acceptors (Lipinski definition) is 5. The number of anilines is 1. The molecule has 1 heterocycles. The fourth-order valence-electron chi connectivity index (χ4n) is 1.72. The molecule has 1 N–H and O–H groups in total. The normalized spacial score (nSPS) is 10.1. The van der Waals surface area contributed by atoms with Gasteiger partial charge in [0.25, 0.3) is 5.91 Å². The Morgan fingerprint density at radius 2 is 2.09 bits per heavy atom. The van der Waals surface area contributed by atoms with Crippen molar-refractivity contribution in [3.05, 3.63) is 46.6 Å². The Hall–Kier alpha value is -2.41. The largest absolute Gasteiger partial charge is 0.484 e. The molecule has 0 fully saturated rings. The van der Waals surface area contributed by atoms with E-state index in [0.717, 1.165) is 16.9 Å². The smallest absolute Gasteiger partial charge is 0.348 e. The molecule has 2 rings (SSSR count). The van der Waals surface area contributed by atoms with Crippen LogP contribution in [0, 0.1) is 12.7 Å². The van der Waals surface area contributed by atoms with E-state index in [0.29, 0.717) is 9.88 Å². The molecule has 116 valence electrons. The third kappa shape index (κ3) is 4.05. The lowest BCUT2D eigenvalue weighted by atomic mass is 10.3. The maximum Gasteiger partial charge on any atom is 0.348 e. The van der Waals surface area contributed by atoms with Gasteiger partial charge in [0.2, 0.25) is 0 Å². The number of aryl methyl sites for hydroxylation is 1. The summed E-state index contributed by atoms with van der Waals surface area (Å²) in [5, 5.41) is 3.14. The van der Waals surface area contributed by atoms with Crippen molar-refractivity contribution in [1.29, 1.82) is 0 Å². The van der Waals surface area contributed by atoms with Gasteiger partial charge in [-0.1, -0.05) is 6.07 Å². The van der Waals surface area contributed by atoms with Crippen LogP contribution in [0.3, 0.4) is 0 Å². The van der Waals surface area contributed by atoms with Crippen LogP contribution in [-0.2, 0) is 9.53 Å². The number of carbonyl (C=O) groups excluding carboxylic acids is 2. The third-order valence-electron chi connectivity index (χ3n) is 2.72. The Morgan fingerprint density at radius 1 is 1.32 bits per heavy atom. The van der Waals surface area contributed by atoms with E-state index in [4.69, 9.17) is 4.74 Å². The van der Waals surface area contributed by atoms with Gasteiger partial charge in [0.05, 0.1) is 12.1 Å². The molecule has 0 spiro atoms. The molecule has 0 aliphatic heterocycles. The standard InChI is InChI=1S/C15H14FNO4S/c1-9-6-13(22-14(9)15(19)20-2)17-12(18)8-21-11-5-3-4-10(16)7-11/h3-7H,8H2,1-2H3,(H,17,18). The highest BCUT2D eigenvalue weighted by molar-refractivity contribution is 7.18. The van der Waals surface area contributed by atoms with E-state index in [9.17, 15) is 14.0 Å². The predicted molar refractivity (Wildman–Crippen MR) is 80.9 cm³/mol. The van der Waals surface area contributed by atoms with Gasteiger partial charge in [-0.2, -0.15) is 0 Å². The lowest BCUT2D eigenvalue weighted by molar-refractivity contribution is -0.118. The molecule has 0 bridgehead atoms. The molecule has 1 aromatic carbocycles. The number of halogens is 1. The van der Waals surface area contributed by atoms with Gasteiger partial charge >= 0.3 is 5.97 Å². The van der Waals surface area contributed by atoms with Gasteiger partial charge in [-0.3, -0.25) is 4.79 Å². The van der Waals surface area contributed by atoms with Gasteiger partial charge in [-0.25, -0.2) is 9.18 Å². The molecular formula is C15H14FNO4S. The number of esters is 1. The number of nitrogens with one attached hydrogen (secondary N) is 1. The third-order valence-corrected chi connectivity index (χ3v) is 3.85. The van der Waals surface area contributed by atoms with Crippen LogP contribution in [0.1, 0.15) is 15.2 Å². The number of rotatable bonds is 5. The first kappa shape index (κ1) is 16.0. The second kappa shape index (κ2) is 7.04. The SMILES string of the molecule is COC(=O)c1sc(NC(=O)COc2cccc(F)c2)cc1C. The number of benzene rings is 1. The van der Waals surface area contributed by atoms with Crippen LogP contribution in [0.25, 0.3) is 0 Å². The van der Waals surface area contributed by atoms with Crippen molar-refractivity contribution >= 4 is 28.2 Å². The van der Waals surface area contributed by atoms with Crippen molar-refractivity contribution in [2.75, 3.05) is 19.0 Å². The Morgan fingerprint density at radius 3 is 2.77 bits per heavy atom. The van der Waals surface area contributed by atoms with Crippen molar-refractivity contribution in [3.63, 3.8) is 0 Å². The van der Waals surface area contributed by atoms with Crippen LogP contribution in [0.15, 0.2) is 30.3 Å². The average molecular weight is 323 g/mol. The molecule has 5 nitrogen and oxygen atoms in total. The molecule has 0 saturated heterocycles. The second-order valence-electron chi connectivity index (χ2n) is 4.41. The molecular weight excluding hydrogens is 309 g/mol. The van der Waals surface area contributed by atoms with E-state index in [1.54, 1.807) is 19.1 Å². The summed E-state index contributed by atoms with van der Waals surface area (Å²) in [4.78, 5) is 23.7. The molecule has 0 radical (unpaired) electrons. The monoisotopic (exact) mass is 323 g/mol.